The molecular formula is C12H19BrN4. The van der Waals surface area contributed by atoms with Crippen LogP contribution in [0.1, 0.15) is 6.42 Å². The quantitative estimate of drug-likeness (QED) is 0.924. The van der Waals surface area contributed by atoms with Crippen LogP contribution in [-0.4, -0.2) is 43.6 Å². The van der Waals surface area contributed by atoms with Gasteiger partial charge in [-0.1, -0.05) is 0 Å². The van der Waals surface area contributed by atoms with Gasteiger partial charge in [0.15, 0.2) is 0 Å². The molecule has 0 aliphatic carbocycles. The molecule has 1 aromatic rings. The molecule has 1 saturated heterocycles. The Hall–Kier alpha value is -0.810. The second-order valence-corrected chi connectivity index (χ2v) is 5.73. The van der Waals surface area contributed by atoms with Crippen LogP contribution in [0.25, 0.3) is 0 Å². The first-order valence-electron chi connectivity index (χ1n) is 5.87. The molecule has 2 N–H and O–H groups in total. The fourth-order valence-electron chi connectivity index (χ4n) is 2.38. The van der Waals surface area contributed by atoms with E-state index >= 15 is 0 Å². The standard InChI is InChI=1S/C12H19BrN4/c1-16-4-3-9(7-16)8-17(2)12-11(13)5-10(14)6-15-12/h5-6,9H,3-4,7-8,14H2,1-2H3. The summed E-state index contributed by atoms with van der Waals surface area (Å²) in [4.78, 5) is 8.96. The van der Waals surface area contributed by atoms with E-state index in [-0.39, 0.29) is 0 Å². The number of anilines is 2. The number of pyridine rings is 1. The predicted octanol–water partition coefficient (Wildman–Crippen LogP) is 1.81. The Kier molecular flexibility index (Phi) is 3.89. The normalized spacial score (nSPS) is 20.8. The summed E-state index contributed by atoms with van der Waals surface area (Å²) in [5.41, 5.74) is 6.38. The molecule has 1 aromatic heterocycles. The Morgan fingerprint density at radius 3 is 3.00 bits per heavy atom. The first kappa shape index (κ1) is 12.6. The monoisotopic (exact) mass is 298 g/mol. The highest BCUT2D eigenvalue weighted by Crippen LogP contribution is 2.26. The summed E-state index contributed by atoms with van der Waals surface area (Å²) < 4.78 is 0.964. The van der Waals surface area contributed by atoms with Crippen molar-refractivity contribution in [3.8, 4) is 0 Å². The van der Waals surface area contributed by atoms with E-state index < -0.39 is 0 Å². The molecule has 1 aliphatic heterocycles. The minimum atomic E-state index is 0.689. The molecule has 1 unspecified atom stereocenters. The number of nitrogens with zero attached hydrogens (tertiary/aromatic N) is 3. The number of likely N-dealkylation sites (tertiary alicyclic amines) is 1. The lowest BCUT2D eigenvalue weighted by Gasteiger charge is -2.23. The van der Waals surface area contributed by atoms with E-state index in [4.69, 9.17) is 5.73 Å². The van der Waals surface area contributed by atoms with Gasteiger partial charge >= 0.3 is 0 Å². The molecule has 1 atom stereocenters. The van der Waals surface area contributed by atoms with Crippen molar-refractivity contribution in [2.24, 2.45) is 5.92 Å². The molecule has 0 bridgehead atoms. The van der Waals surface area contributed by atoms with Gasteiger partial charge in [0.2, 0.25) is 0 Å². The van der Waals surface area contributed by atoms with Gasteiger partial charge in [0.25, 0.3) is 0 Å². The van der Waals surface area contributed by atoms with E-state index in [0.717, 1.165) is 22.8 Å². The van der Waals surface area contributed by atoms with E-state index in [9.17, 15) is 0 Å². The molecular weight excluding hydrogens is 280 g/mol. The zero-order valence-corrected chi connectivity index (χ0v) is 11.9. The smallest absolute Gasteiger partial charge is 0.142 e. The van der Waals surface area contributed by atoms with Crippen LogP contribution >= 0.6 is 15.9 Å². The third-order valence-electron chi connectivity index (χ3n) is 3.23. The van der Waals surface area contributed by atoms with Crippen LogP contribution in [0.15, 0.2) is 16.7 Å². The summed E-state index contributed by atoms with van der Waals surface area (Å²) in [6.45, 7) is 3.42. The summed E-state index contributed by atoms with van der Waals surface area (Å²) >= 11 is 3.51. The highest BCUT2D eigenvalue weighted by molar-refractivity contribution is 9.10. The Bertz CT molecular complexity index is 396. The van der Waals surface area contributed by atoms with Crippen molar-refractivity contribution in [2.75, 3.05) is 44.4 Å². The summed E-state index contributed by atoms with van der Waals surface area (Å²) in [6, 6.07) is 1.90. The molecule has 94 valence electrons. The van der Waals surface area contributed by atoms with Crippen molar-refractivity contribution in [3.05, 3.63) is 16.7 Å². The van der Waals surface area contributed by atoms with E-state index in [1.165, 1.54) is 19.5 Å². The second kappa shape index (κ2) is 5.23. The van der Waals surface area contributed by atoms with E-state index in [2.05, 4.69) is 44.8 Å². The van der Waals surface area contributed by atoms with Crippen LogP contribution in [0.2, 0.25) is 0 Å². The van der Waals surface area contributed by atoms with E-state index in [0.29, 0.717) is 5.69 Å². The van der Waals surface area contributed by atoms with Crippen LogP contribution in [0.3, 0.4) is 0 Å². The van der Waals surface area contributed by atoms with Crippen molar-refractivity contribution in [1.82, 2.24) is 9.88 Å². The Morgan fingerprint density at radius 1 is 1.65 bits per heavy atom. The van der Waals surface area contributed by atoms with Gasteiger partial charge in [-0.15, -0.1) is 0 Å². The number of hydrogen-bond donors (Lipinski definition) is 1. The summed E-state index contributed by atoms with van der Waals surface area (Å²) in [5.74, 6) is 1.70. The SMILES string of the molecule is CN1CCC(CN(C)c2ncc(N)cc2Br)C1. The zero-order chi connectivity index (χ0) is 12.4. The molecule has 0 radical (unpaired) electrons. The third kappa shape index (κ3) is 3.10. The van der Waals surface area contributed by atoms with Gasteiger partial charge in [-0.25, -0.2) is 4.98 Å². The van der Waals surface area contributed by atoms with Gasteiger partial charge in [-0.3, -0.25) is 0 Å². The van der Waals surface area contributed by atoms with Gasteiger partial charge < -0.3 is 15.5 Å². The Balaban J connectivity index is 2.01. The number of nitrogens with two attached hydrogens (primary N) is 1. The summed E-state index contributed by atoms with van der Waals surface area (Å²) in [5, 5.41) is 0. The number of halogens is 1. The Labute approximate surface area is 111 Å². The highest BCUT2D eigenvalue weighted by Gasteiger charge is 2.21. The molecule has 0 amide bonds. The summed E-state index contributed by atoms with van der Waals surface area (Å²) in [7, 11) is 4.26. The summed E-state index contributed by atoms with van der Waals surface area (Å²) in [6.07, 6.45) is 2.98. The lowest BCUT2D eigenvalue weighted by atomic mass is 10.1. The number of hydrogen-bond acceptors (Lipinski definition) is 4. The minimum Gasteiger partial charge on any atom is -0.397 e. The maximum absolute atomic E-state index is 5.69. The van der Waals surface area contributed by atoms with Crippen molar-refractivity contribution >= 4 is 27.4 Å². The number of nitrogen functional groups attached to an aromatic ring is 1. The fraction of sp³-hybridized carbons (Fsp3) is 0.583. The van der Waals surface area contributed by atoms with Gasteiger partial charge in [0.05, 0.1) is 16.4 Å². The first-order chi connectivity index (χ1) is 8.06. The van der Waals surface area contributed by atoms with Crippen molar-refractivity contribution in [1.29, 1.82) is 0 Å². The first-order valence-corrected chi connectivity index (χ1v) is 6.66. The van der Waals surface area contributed by atoms with Gasteiger partial charge in [0, 0.05) is 20.1 Å². The van der Waals surface area contributed by atoms with Crippen molar-refractivity contribution < 1.29 is 0 Å². The second-order valence-electron chi connectivity index (χ2n) is 4.87. The maximum atomic E-state index is 5.69. The van der Waals surface area contributed by atoms with E-state index in [1.807, 2.05) is 6.07 Å². The lowest BCUT2D eigenvalue weighted by Crippen LogP contribution is -2.28. The van der Waals surface area contributed by atoms with Gasteiger partial charge in [-0.05, 0) is 47.9 Å². The van der Waals surface area contributed by atoms with Crippen molar-refractivity contribution in [3.63, 3.8) is 0 Å². The predicted molar refractivity (Wildman–Crippen MR) is 75.2 cm³/mol. The lowest BCUT2D eigenvalue weighted by molar-refractivity contribution is 0.395. The van der Waals surface area contributed by atoms with Crippen LogP contribution in [0.4, 0.5) is 11.5 Å². The van der Waals surface area contributed by atoms with Crippen LogP contribution in [-0.2, 0) is 0 Å². The van der Waals surface area contributed by atoms with Crippen molar-refractivity contribution in [2.45, 2.75) is 6.42 Å². The van der Waals surface area contributed by atoms with Gasteiger partial charge in [-0.2, -0.15) is 0 Å². The number of aromatic nitrogens is 1. The molecule has 4 nitrogen and oxygen atoms in total. The average molecular weight is 299 g/mol. The fourth-order valence-corrected chi connectivity index (χ4v) is 3.04. The average Bonchev–Trinajstić information content (AvgIpc) is 2.63. The maximum Gasteiger partial charge on any atom is 0.142 e. The molecule has 0 spiro atoms. The molecule has 1 aliphatic rings. The van der Waals surface area contributed by atoms with Crippen LogP contribution in [0.5, 0.6) is 0 Å². The van der Waals surface area contributed by atoms with Crippen LogP contribution < -0.4 is 10.6 Å². The minimum absolute atomic E-state index is 0.689. The molecule has 1 fully saturated rings. The largest absolute Gasteiger partial charge is 0.397 e. The molecule has 5 heteroatoms. The molecule has 2 heterocycles. The Morgan fingerprint density at radius 2 is 2.41 bits per heavy atom. The zero-order valence-electron chi connectivity index (χ0n) is 10.4. The molecule has 0 aromatic carbocycles. The molecule has 0 saturated carbocycles. The highest BCUT2D eigenvalue weighted by atomic mass is 79.9. The topological polar surface area (TPSA) is 45.4 Å². The number of rotatable bonds is 3. The molecule has 2 rings (SSSR count). The third-order valence-corrected chi connectivity index (χ3v) is 3.81. The van der Waals surface area contributed by atoms with E-state index in [1.54, 1.807) is 6.20 Å². The molecule has 17 heavy (non-hydrogen) atoms. The van der Waals surface area contributed by atoms with Gasteiger partial charge in [0.1, 0.15) is 5.82 Å². The van der Waals surface area contributed by atoms with Crippen LogP contribution in [0, 0.1) is 5.92 Å².